The number of piperazine rings is 1. The fraction of sp³-hybridized carbons (Fsp3) is 0.562. The summed E-state index contributed by atoms with van der Waals surface area (Å²) in [6, 6.07) is 6.02. The van der Waals surface area contributed by atoms with Gasteiger partial charge in [0.2, 0.25) is 10.0 Å². The van der Waals surface area contributed by atoms with Crippen LogP contribution >= 0.6 is 0 Å². The van der Waals surface area contributed by atoms with Crippen LogP contribution in [-0.4, -0.2) is 76.5 Å². The monoisotopic (exact) mass is 355 g/mol. The first kappa shape index (κ1) is 18.9. The van der Waals surface area contributed by atoms with Crippen LogP contribution in [0.5, 0.6) is 0 Å². The number of methoxy groups -OCH3 is 1. The third-order valence-corrected chi connectivity index (χ3v) is 5.89. The Morgan fingerprint density at radius 1 is 1.29 bits per heavy atom. The predicted molar refractivity (Wildman–Crippen MR) is 91.5 cm³/mol. The molecule has 1 aliphatic heterocycles. The van der Waals surface area contributed by atoms with E-state index in [0.717, 1.165) is 0 Å². The molecule has 0 aromatic heterocycles. The molecule has 2 rings (SSSR count). The summed E-state index contributed by atoms with van der Waals surface area (Å²) in [6.45, 7) is 4.54. The summed E-state index contributed by atoms with van der Waals surface area (Å²) in [5.74, 6) is -0.310. The first-order valence-electron chi connectivity index (χ1n) is 7.93. The van der Waals surface area contributed by atoms with Crippen molar-refractivity contribution in [1.29, 1.82) is 0 Å². The minimum absolute atomic E-state index is 0.152. The molecule has 1 aliphatic rings. The SMILES string of the molecule is COC[C@H](C)NC(=O)c1cccc(S(=O)(=O)N2CCN(C)CC2)c1. The number of nitrogens with zero attached hydrogens (tertiary/aromatic N) is 2. The molecule has 1 amide bonds. The largest absolute Gasteiger partial charge is 0.383 e. The van der Waals surface area contributed by atoms with Gasteiger partial charge in [0.05, 0.1) is 11.5 Å². The first-order chi connectivity index (χ1) is 11.3. The molecule has 0 unspecified atom stereocenters. The molecule has 0 saturated carbocycles. The number of ether oxygens (including phenoxy) is 1. The van der Waals surface area contributed by atoms with Gasteiger partial charge in [0, 0.05) is 44.9 Å². The molecule has 7 nitrogen and oxygen atoms in total. The fourth-order valence-electron chi connectivity index (χ4n) is 2.57. The Hall–Kier alpha value is -1.48. The van der Waals surface area contributed by atoms with Crippen molar-refractivity contribution in [3.05, 3.63) is 29.8 Å². The van der Waals surface area contributed by atoms with Gasteiger partial charge in [-0.15, -0.1) is 0 Å². The second-order valence-electron chi connectivity index (χ2n) is 6.07. The van der Waals surface area contributed by atoms with Crippen LogP contribution in [-0.2, 0) is 14.8 Å². The van der Waals surface area contributed by atoms with Gasteiger partial charge in [0.15, 0.2) is 0 Å². The Labute approximate surface area is 143 Å². The highest BCUT2D eigenvalue weighted by Gasteiger charge is 2.28. The lowest BCUT2D eigenvalue weighted by molar-refractivity contribution is 0.0905. The van der Waals surface area contributed by atoms with Crippen molar-refractivity contribution in [2.24, 2.45) is 0 Å². The molecule has 0 bridgehead atoms. The predicted octanol–water partition coefficient (Wildman–Crippen LogP) is 0.387. The van der Waals surface area contributed by atoms with Crippen molar-refractivity contribution in [1.82, 2.24) is 14.5 Å². The van der Waals surface area contributed by atoms with Crippen LogP contribution in [0.3, 0.4) is 0 Å². The lowest BCUT2D eigenvalue weighted by Gasteiger charge is -2.31. The second-order valence-corrected chi connectivity index (χ2v) is 8.00. The number of carbonyl (C=O) groups excluding carboxylic acids is 1. The topological polar surface area (TPSA) is 78.9 Å². The third-order valence-electron chi connectivity index (χ3n) is 3.99. The number of rotatable bonds is 6. The van der Waals surface area contributed by atoms with E-state index in [1.165, 1.54) is 16.4 Å². The maximum Gasteiger partial charge on any atom is 0.251 e. The van der Waals surface area contributed by atoms with Crippen molar-refractivity contribution < 1.29 is 17.9 Å². The molecular weight excluding hydrogens is 330 g/mol. The van der Waals surface area contributed by atoms with Crippen LogP contribution < -0.4 is 5.32 Å². The van der Waals surface area contributed by atoms with Crippen molar-refractivity contribution in [2.75, 3.05) is 46.9 Å². The molecule has 1 heterocycles. The van der Waals surface area contributed by atoms with Gasteiger partial charge in [-0.05, 0) is 32.2 Å². The maximum absolute atomic E-state index is 12.7. The zero-order valence-corrected chi connectivity index (χ0v) is 15.2. The molecule has 134 valence electrons. The molecule has 1 aromatic rings. The number of amides is 1. The van der Waals surface area contributed by atoms with Crippen LogP contribution in [0.1, 0.15) is 17.3 Å². The highest BCUT2D eigenvalue weighted by Crippen LogP contribution is 2.18. The maximum atomic E-state index is 12.7. The number of hydrogen-bond donors (Lipinski definition) is 1. The molecule has 0 aliphatic carbocycles. The van der Waals surface area contributed by atoms with Gasteiger partial charge >= 0.3 is 0 Å². The molecule has 8 heteroatoms. The van der Waals surface area contributed by atoms with Gasteiger partial charge in [-0.3, -0.25) is 4.79 Å². The fourth-order valence-corrected chi connectivity index (χ4v) is 4.04. The van der Waals surface area contributed by atoms with Crippen LogP contribution in [0.4, 0.5) is 0 Å². The van der Waals surface area contributed by atoms with Gasteiger partial charge in [-0.1, -0.05) is 6.07 Å². The van der Waals surface area contributed by atoms with Gasteiger partial charge in [0.25, 0.3) is 5.91 Å². The molecule has 1 saturated heterocycles. The van der Waals surface area contributed by atoms with E-state index in [2.05, 4.69) is 10.2 Å². The third kappa shape index (κ3) is 4.54. The van der Waals surface area contributed by atoms with Crippen LogP contribution in [0, 0.1) is 0 Å². The summed E-state index contributed by atoms with van der Waals surface area (Å²) in [7, 11) is -0.0484. The quantitative estimate of drug-likeness (QED) is 0.798. The van der Waals surface area contributed by atoms with Gasteiger partial charge in [-0.2, -0.15) is 4.31 Å². The summed E-state index contributed by atoms with van der Waals surface area (Å²) >= 11 is 0. The van der Waals surface area contributed by atoms with E-state index in [4.69, 9.17) is 4.74 Å². The molecule has 0 spiro atoms. The number of hydrogen-bond acceptors (Lipinski definition) is 5. The van der Waals surface area contributed by atoms with E-state index in [9.17, 15) is 13.2 Å². The summed E-state index contributed by atoms with van der Waals surface area (Å²) in [6.07, 6.45) is 0. The Balaban J connectivity index is 2.15. The minimum Gasteiger partial charge on any atom is -0.383 e. The van der Waals surface area contributed by atoms with Gasteiger partial charge in [-0.25, -0.2) is 8.42 Å². The molecule has 1 atom stereocenters. The summed E-state index contributed by atoms with van der Waals surface area (Å²) in [5, 5.41) is 2.78. The van der Waals surface area contributed by atoms with Crippen LogP contribution in [0.25, 0.3) is 0 Å². The standard InChI is InChI=1S/C16H25N3O4S/c1-13(12-23-3)17-16(20)14-5-4-6-15(11-14)24(21,22)19-9-7-18(2)8-10-19/h4-6,11,13H,7-10,12H2,1-3H3,(H,17,20)/t13-/m0/s1. The first-order valence-corrected chi connectivity index (χ1v) is 9.37. The normalized spacial score (nSPS) is 18.3. The van der Waals surface area contributed by atoms with Crippen molar-refractivity contribution >= 4 is 15.9 Å². The van der Waals surface area contributed by atoms with E-state index in [1.54, 1.807) is 19.2 Å². The van der Waals surface area contributed by atoms with Crippen LogP contribution in [0.2, 0.25) is 0 Å². The molecule has 1 aromatic carbocycles. The Bertz CT molecular complexity index is 670. The lowest BCUT2D eigenvalue weighted by Crippen LogP contribution is -2.47. The van der Waals surface area contributed by atoms with Crippen LogP contribution in [0.15, 0.2) is 29.2 Å². The molecular formula is C16H25N3O4S. The number of sulfonamides is 1. The van der Waals surface area contributed by atoms with E-state index >= 15 is 0 Å². The highest BCUT2D eigenvalue weighted by molar-refractivity contribution is 7.89. The lowest BCUT2D eigenvalue weighted by atomic mass is 10.2. The van der Waals surface area contributed by atoms with E-state index in [1.807, 2.05) is 14.0 Å². The summed E-state index contributed by atoms with van der Waals surface area (Å²) < 4.78 is 32.0. The Morgan fingerprint density at radius 3 is 2.58 bits per heavy atom. The molecule has 0 radical (unpaired) electrons. The average molecular weight is 355 g/mol. The van der Waals surface area contributed by atoms with Crippen molar-refractivity contribution in [2.45, 2.75) is 17.9 Å². The Morgan fingerprint density at radius 2 is 1.96 bits per heavy atom. The smallest absolute Gasteiger partial charge is 0.251 e. The second kappa shape index (κ2) is 8.06. The van der Waals surface area contributed by atoms with Gasteiger partial charge < -0.3 is 15.0 Å². The molecule has 1 fully saturated rings. The van der Waals surface area contributed by atoms with Gasteiger partial charge in [0.1, 0.15) is 0 Å². The summed E-state index contributed by atoms with van der Waals surface area (Å²) in [5.41, 5.74) is 0.327. The zero-order chi connectivity index (χ0) is 17.7. The van der Waals surface area contributed by atoms with Crippen molar-refractivity contribution in [3.63, 3.8) is 0 Å². The average Bonchev–Trinajstić information content (AvgIpc) is 2.55. The summed E-state index contributed by atoms with van der Waals surface area (Å²) in [4.78, 5) is 14.5. The van der Waals surface area contributed by atoms with E-state index in [0.29, 0.717) is 38.3 Å². The molecule has 1 N–H and O–H groups in total. The van der Waals surface area contributed by atoms with E-state index in [-0.39, 0.29) is 16.8 Å². The Kier molecular flexibility index (Phi) is 6.34. The van der Waals surface area contributed by atoms with Crippen molar-refractivity contribution in [3.8, 4) is 0 Å². The number of nitrogens with one attached hydrogen (secondary N) is 1. The zero-order valence-electron chi connectivity index (χ0n) is 14.4. The number of carbonyl (C=O) groups is 1. The number of benzene rings is 1. The highest BCUT2D eigenvalue weighted by atomic mass is 32.2. The van der Waals surface area contributed by atoms with E-state index < -0.39 is 10.0 Å². The number of likely N-dealkylation sites (N-methyl/N-ethyl adjacent to an activating group) is 1. The molecule has 24 heavy (non-hydrogen) atoms. The minimum atomic E-state index is -3.58.